The van der Waals surface area contributed by atoms with Crippen molar-refractivity contribution >= 4 is 51.3 Å². The van der Waals surface area contributed by atoms with E-state index in [0.29, 0.717) is 36.5 Å². The molecule has 0 radical (unpaired) electrons. The van der Waals surface area contributed by atoms with Crippen LogP contribution in [0.25, 0.3) is 0 Å². The van der Waals surface area contributed by atoms with Gasteiger partial charge in [0, 0.05) is 19.6 Å². The quantitative estimate of drug-likeness (QED) is 0.177. The van der Waals surface area contributed by atoms with E-state index in [2.05, 4.69) is 20.3 Å². The summed E-state index contributed by atoms with van der Waals surface area (Å²) in [6.45, 7) is 5.00. The summed E-state index contributed by atoms with van der Waals surface area (Å²) in [5.74, 6) is 0.635. The second-order valence-electron chi connectivity index (χ2n) is 5.56. The molecule has 0 aliphatic heterocycles. The van der Waals surface area contributed by atoms with Gasteiger partial charge in [0.15, 0.2) is 5.96 Å². The number of guanidine groups is 1. The van der Waals surface area contributed by atoms with E-state index < -0.39 is 10.0 Å². The van der Waals surface area contributed by atoms with Gasteiger partial charge in [0.25, 0.3) is 0 Å². The molecule has 1 aromatic carbocycles. The smallest absolute Gasteiger partial charge is 0.250 e. The minimum Gasteiger partial charge on any atom is -0.375 e. The highest BCUT2D eigenvalue weighted by atomic mass is 127. The minimum absolute atomic E-state index is 0. The maximum absolute atomic E-state index is 12.0. The van der Waals surface area contributed by atoms with Crippen LogP contribution in [0.5, 0.6) is 0 Å². The molecule has 0 aliphatic rings. The normalized spacial score (nSPS) is 11.7. The molecule has 2 aromatic rings. The number of benzene rings is 1. The third-order valence-corrected chi connectivity index (χ3v) is 6.29. The number of rotatable bonds is 11. The Bertz CT molecular complexity index is 784. The first kappa shape index (κ1) is 24.8. The largest absolute Gasteiger partial charge is 0.375 e. The van der Waals surface area contributed by atoms with E-state index in [0.717, 1.165) is 12.1 Å². The molecule has 3 N–H and O–H groups in total. The van der Waals surface area contributed by atoms with Crippen LogP contribution in [0.4, 0.5) is 0 Å². The molecule has 10 heteroatoms. The van der Waals surface area contributed by atoms with Crippen LogP contribution in [0, 0.1) is 0 Å². The van der Waals surface area contributed by atoms with Crippen molar-refractivity contribution in [2.24, 2.45) is 4.99 Å². The highest BCUT2D eigenvalue weighted by Crippen LogP contribution is 2.14. The van der Waals surface area contributed by atoms with Gasteiger partial charge in [0.05, 0.1) is 19.8 Å². The number of ether oxygens (including phenoxy) is 1. The van der Waals surface area contributed by atoms with Crippen LogP contribution < -0.4 is 15.4 Å². The van der Waals surface area contributed by atoms with E-state index in [4.69, 9.17) is 4.74 Å². The van der Waals surface area contributed by atoms with Gasteiger partial charge in [-0.25, -0.2) is 13.1 Å². The third-order valence-electron chi connectivity index (χ3n) is 3.43. The van der Waals surface area contributed by atoms with Gasteiger partial charge >= 0.3 is 0 Å². The lowest BCUT2D eigenvalue weighted by Crippen LogP contribution is -2.39. The van der Waals surface area contributed by atoms with Gasteiger partial charge < -0.3 is 15.4 Å². The SMILES string of the molecule is CCNC(=NCCNS(=O)(=O)c1cccs1)NCCOCc1ccccc1.I. The molecule has 1 heterocycles. The van der Waals surface area contributed by atoms with Crippen LogP contribution in [0.1, 0.15) is 12.5 Å². The molecular weight excluding hydrogens is 511 g/mol. The van der Waals surface area contributed by atoms with Crippen molar-refractivity contribution in [2.45, 2.75) is 17.7 Å². The molecule has 0 fully saturated rings. The first-order chi connectivity index (χ1) is 13.1. The first-order valence-electron chi connectivity index (χ1n) is 8.79. The van der Waals surface area contributed by atoms with E-state index in [1.54, 1.807) is 17.5 Å². The zero-order chi connectivity index (χ0) is 19.4. The molecule has 0 spiro atoms. The molecule has 0 saturated carbocycles. The predicted octanol–water partition coefficient (Wildman–Crippen LogP) is 2.42. The highest BCUT2D eigenvalue weighted by molar-refractivity contribution is 14.0. The number of nitrogens with one attached hydrogen (secondary N) is 3. The molecule has 0 atom stereocenters. The molecule has 2 rings (SSSR count). The summed E-state index contributed by atoms with van der Waals surface area (Å²) >= 11 is 1.19. The number of hydrogen-bond donors (Lipinski definition) is 3. The third kappa shape index (κ3) is 9.32. The Hall–Kier alpha value is -1.21. The molecule has 0 bridgehead atoms. The number of nitrogens with zero attached hydrogens (tertiary/aromatic N) is 1. The van der Waals surface area contributed by atoms with E-state index in [-0.39, 0.29) is 30.5 Å². The van der Waals surface area contributed by atoms with Gasteiger partial charge in [-0.2, -0.15) is 0 Å². The monoisotopic (exact) mass is 538 g/mol. The van der Waals surface area contributed by atoms with E-state index in [9.17, 15) is 8.42 Å². The Morgan fingerprint density at radius 2 is 1.89 bits per heavy atom. The fourth-order valence-corrected chi connectivity index (χ4v) is 4.24. The zero-order valence-corrected chi connectivity index (χ0v) is 19.7. The summed E-state index contributed by atoms with van der Waals surface area (Å²) < 4.78 is 32.5. The maximum Gasteiger partial charge on any atom is 0.250 e. The van der Waals surface area contributed by atoms with Crippen LogP contribution in [-0.2, 0) is 21.4 Å². The Morgan fingerprint density at radius 3 is 2.57 bits per heavy atom. The van der Waals surface area contributed by atoms with Crippen molar-refractivity contribution in [1.82, 2.24) is 15.4 Å². The molecule has 0 amide bonds. The summed E-state index contributed by atoms with van der Waals surface area (Å²) in [4.78, 5) is 4.37. The molecule has 156 valence electrons. The fourth-order valence-electron chi connectivity index (χ4n) is 2.18. The van der Waals surface area contributed by atoms with Crippen molar-refractivity contribution < 1.29 is 13.2 Å². The number of aliphatic imine (C=N–C) groups is 1. The summed E-state index contributed by atoms with van der Waals surface area (Å²) in [7, 11) is -3.44. The van der Waals surface area contributed by atoms with Gasteiger partial charge in [-0.1, -0.05) is 36.4 Å². The first-order valence-corrected chi connectivity index (χ1v) is 11.1. The second kappa shape index (κ2) is 13.9. The van der Waals surface area contributed by atoms with Gasteiger partial charge in [-0.3, -0.25) is 4.99 Å². The number of thiophene rings is 1. The van der Waals surface area contributed by atoms with Crippen LogP contribution in [0.15, 0.2) is 57.0 Å². The summed E-state index contributed by atoms with van der Waals surface area (Å²) in [5.41, 5.74) is 1.14. The maximum atomic E-state index is 12.0. The molecule has 1 aromatic heterocycles. The standard InChI is InChI=1S/C18H26N4O3S2.HI/c1-2-19-18(21-12-13-25-15-16-7-4-3-5-8-16)20-10-11-22-27(23,24)17-9-6-14-26-17;/h3-9,14,22H,2,10-13,15H2,1H3,(H2,19,20,21);1H. The molecule has 0 saturated heterocycles. The van der Waals surface area contributed by atoms with Gasteiger partial charge in [0.1, 0.15) is 4.21 Å². The van der Waals surface area contributed by atoms with Crippen molar-refractivity contribution in [3.63, 3.8) is 0 Å². The fraction of sp³-hybridized carbons (Fsp3) is 0.389. The highest BCUT2D eigenvalue weighted by Gasteiger charge is 2.13. The van der Waals surface area contributed by atoms with Crippen molar-refractivity contribution in [2.75, 3.05) is 32.8 Å². The number of halogens is 1. The Labute approximate surface area is 188 Å². The number of hydrogen-bond acceptors (Lipinski definition) is 5. The lowest BCUT2D eigenvalue weighted by molar-refractivity contribution is 0.125. The average molecular weight is 538 g/mol. The Kier molecular flexibility index (Phi) is 12.3. The zero-order valence-electron chi connectivity index (χ0n) is 15.8. The Balaban J connectivity index is 0.00000392. The van der Waals surface area contributed by atoms with Crippen molar-refractivity contribution in [1.29, 1.82) is 0 Å². The minimum atomic E-state index is -3.44. The topological polar surface area (TPSA) is 91.8 Å². The van der Waals surface area contributed by atoms with Gasteiger partial charge in [0.2, 0.25) is 10.0 Å². The number of sulfonamides is 1. The molecule has 28 heavy (non-hydrogen) atoms. The van der Waals surface area contributed by atoms with Gasteiger partial charge in [-0.15, -0.1) is 35.3 Å². The van der Waals surface area contributed by atoms with Crippen LogP contribution >= 0.6 is 35.3 Å². The van der Waals surface area contributed by atoms with Crippen LogP contribution in [0.3, 0.4) is 0 Å². The van der Waals surface area contributed by atoms with E-state index >= 15 is 0 Å². The summed E-state index contributed by atoms with van der Waals surface area (Å²) in [6.07, 6.45) is 0. The second-order valence-corrected chi connectivity index (χ2v) is 8.50. The molecule has 0 aliphatic carbocycles. The average Bonchev–Trinajstić information content (AvgIpc) is 3.21. The van der Waals surface area contributed by atoms with Gasteiger partial charge in [-0.05, 0) is 23.9 Å². The van der Waals surface area contributed by atoms with Crippen molar-refractivity contribution in [3.05, 3.63) is 53.4 Å². The lowest BCUT2D eigenvalue weighted by Gasteiger charge is -2.12. The van der Waals surface area contributed by atoms with E-state index in [1.807, 2.05) is 37.3 Å². The van der Waals surface area contributed by atoms with Crippen molar-refractivity contribution in [3.8, 4) is 0 Å². The van der Waals surface area contributed by atoms with Crippen LogP contribution in [-0.4, -0.2) is 47.2 Å². The summed E-state index contributed by atoms with van der Waals surface area (Å²) in [5, 5.41) is 8.03. The van der Waals surface area contributed by atoms with E-state index in [1.165, 1.54) is 11.3 Å². The Morgan fingerprint density at radius 1 is 1.11 bits per heavy atom. The summed E-state index contributed by atoms with van der Waals surface area (Å²) in [6, 6.07) is 13.3. The molecular formula is C18H27IN4O3S2. The lowest BCUT2D eigenvalue weighted by atomic mass is 10.2. The molecule has 7 nitrogen and oxygen atoms in total. The predicted molar refractivity (Wildman–Crippen MR) is 125 cm³/mol. The van der Waals surface area contributed by atoms with Crippen LogP contribution in [0.2, 0.25) is 0 Å². The molecule has 0 unspecified atom stereocenters.